The molecular weight excluding hydrogens is 416 g/mol. The predicted octanol–water partition coefficient (Wildman–Crippen LogP) is 2.59. The van der Waals surface area contributed by atoms with Gasteiger partial charge in [0.15, 0.2) is 0 Å². The first-order valence-electron chi connectivity index (χ1n) is 11.8. The highest BCUT2D eigenvalue weighted by Gasteiger charge is 2.31. The van der Waals surface area contributed by atoms with Gasteiger partial charge >= 0.3 is 0 Å². The van der Waals surface area contributed by atoms with Crippen LogP contribution in [0.5, 0.6) is 0 Å². The number of carbonyl (C=O) groups excluding carboxylic acids is 1. The van der Waals surface area contributed by atoms with Crippen molar-refractivity contribution in [2.45, 2.75) is 38.2 Å². The number of hydrogen-bond donors (Lipinski definition) is 2. The largest absolute Gasteiger partial charge is 0.378 e. The molecule has 1 amide bonds. The van der Waals surface area contributed by atoms with Gasteiger partial charge in [-0.2, -0.15) is 0 Å². The number of pyridine rings is 1. The summed E-state index contributed by atoms with van der Waals surface area (Å²) in [5, 5.41) is 3.91. The molecule has 4 rings (SSSR count). The minimum atomic E-state index is -0.278. The van der Waals surface area contributed by atoms with Crippen LogP contribution in [-0.2, 0) is 4.74 Å². The maximum absolute atomic E-state index is 13.0. The lowest BCUT2D eigenvalue weighted by molar-refractivity contribution is -0.0132. The number of anilines is 1. The highest BCUT2D eigenvalue weighted by atomic mass is 16.5. The van der Waals surface area contributed by atoms with Crippen LogP contribution in [0.3, 0.4) is 0 Å². The van der Waals surface area contributed by atoms with Crippen LogP contribution in [0.1, 0.15) is 48.5 Å². The Hall–Kier alpha value is -2.82. The molecule has 2 fully saturated rings. The topological polar surface area (TPSA) is 77.7 Å². The number of carbonyl (C=O) groups is 1. The number of hydrogen-bond acceptors (Lipinski definition) is 5. The van der Waals surface area contributed by atoms with Gasteiger partial charge in [0.05, 0.1) is 16.8 Å². The van der Waals surface area contributed by atoms with Crippen molar-refractivity contribution in [3.05, 3.63) is 39.7 Å². The molecular formula is C26H34N4O3. The quantitative estimate of drug-likeness (QED) is 0.685. The molecule has 0 unspecified atom stereocenters. The summed E-state index contributed by atoms with van der Waals surface area (Å²) in [4.78, 5) is 33.0. The minimum absolute atomic E-state index is 0.0964. The molecule has 2 saturated heterocycles. The molecule has 0 aliphatic carbocycles. The molecule has 2 aliphatic heterocycles. The number of fused-ring (bicyclic) bond motifs is 1. The molecule has 33 heavy (non-hydrogen) atoms. The van der Waals surface area contributed by atoms with Crippen molar-refractivity contribution >= 4 is 22.5 Å². The summed E-state index contributed by atoms with van der Waals surface area (Å²) in [5.41, 5.74) is 1.85. The van der Waals surface area contributed by atoms with E-state index in [0.717, 1.165) is 62.9 Å². The van der Waals surface area contributed by atoms with Crippen LogP contribution in [-0.4, -0.2) is 68.3 Å². The van der Waals surface area contributed by atoms with Gasteiger partial charge in [0, 0.05) is 37.7 Å². The monoisotopic (exact) mass is 450 g/mol. The fourth-order valence-corrected chi connectivity index (χ4v) is 4.89. The van der Waals surface area contributed by atoms with Gasteiger partial charge in [-0.3, -0.25) is 9.59 Å². The Morgan fingerprint density at radius 1 is 1.27 bits per heavy atom. The molecule has 3 heterocycles. The Bertz CT molecular complexity index is 1120. The van der Waals surface area contributed by atoms with Crippen LogP contribution >= 0.6 is 0 Å². The van der Waals surface area contributed by atoms with Crippen molar-refractivity contribution in [1.82, 2.24) is 15.2 Å². The third-order valence-electron chi connectivity index (χ3n) is 7.41. The summed E-state index contributed by atoms with van der Waals surface area (Å²) in [6.45, 7) is 6.38. The first kappa shape index (κ1) is 23.3. The molecule has 2 aromatic rings. The van der Waals surface area contributed by atoms with Gasteiger partial charge in [0.25, 0.3) is 11.5 Å². The highest BCUT2D eigenvalue weighted by molar-refractivity contribution is 6.02. The second kappa shape index (κ2) is 9.58. The molecule has 2 N–H and O–H groups in total. The standard InChI is InChI=1S/C26H34N4O3/c1-5-20-23(30-14-10-26(2,33-4)11-15-30)21-16-19(6-7-22(21)28-25(20)32)24(31)27-17-18-8-12-29(3)13-9-18/h1,6-7,16,18H,8-15,17H2,2-4H3,(H,27,31)(H,28,32). The van der Waals surface area contributed by atoms with Crippen molar-refractivity contribution in [1.29, 1.82) is 0 Å². The maximum Gasteiger partial charge on any atom is 0.266 e. The number of aromatic amines is 1. The molecule has 0 saturated carbocycles. The summed E-state index contributed by atoms with van der Waals surface area (Å²) >= 11 is 0. The van der Waals surface area contributed by atoms with Crippen molar-refractivity contribution in [2.24, 2.45) is 5.92 Å². The zero-order valence-corrected chi connectivity index (χ0v) is 19.9. The van der Waals surface area contributed by atoms with E-state index in [1.807, 2.05) is 6.07 Å². The molecule has 0 spiro atoms. The van der Waals surface area contributed by atoms with Crippen molar-refractivity contribution in [3.63, 3.8) is 0 Å². The van der Waals surface area contributed by atoms with Crippen molar-refractivity contribution in [3.8, 4) is 12.3 Å². The molecule has 2 aliphatic rings. The zero-order valence-electron chi connectivity index (χ0n) is 19.9. The Kier molecular flexibility index (Phi) is 6.78. The number of ether oxygens (including phenoxy) is 1. The van der Waals surface area contributed by atoms with Gasteiger partial charge in [0.2, 0.25) is 0 Å². The molecule has 7 heteroatoms. The third-order valence-corrected chi connectivity index (χ3v) is 7.41. The number of nitrogens with one attached hydrogen (secondary N) is 2. The smallest absolute Gasteiger partial charge is 0.266 e. The average molecular weight is 451 g/mol. The number of likely N-dealkylation sites (tertiary alicyclic amines) is 1. The zero-order chi connectivity index (χ0) is 23.6. The van der Waals surface area contributed by atoms with Gasteiger partial charge in [-0.15, -0.1) is 6.42 Å². The highest BCUT2D eigenvalue weighted by Crippen LogP contribution is 2.34. The van der Waals surface area contributed by atoms with Gasteiger partial charge in [-0.25, -0.2) is 0 Å². The van der Waals surface area contributed by atoms with Gasteiger partial charge in [-0.05, 0) is 76.9 Å². The lowest BCUT2D eigenvalue weighted by atomic mass is 9.92. The molecule has 0 bridgehead atoms. The summed E-state index contributed by atoms with van der Waals surface area (Å²) in [5.74, 6) is 3.00. The number of methoxy groups -OCH3 is 1. The Labute approximate surface area is 195 Å². The molecule has 1 aromatic carbocycles. The maximum atomic E-state index is 13.0. The van der Waals surface area contributed by atoms with Crippen molar-refractivity contribution in [2.75, 3.05) is 51.8 Å². The van der Waals surface area contributed by atoms with Crippen LogP contribution in [0.2, 0.25) is 0 Å². The van der Waals surface area contributed by atoms with Crippen LogP contribution in [0.15, 0.2) is 23.0 Å². The van der Waals surface area contributed by atoms with Gasteiger partial charge in [0.1, 0.15) is 5.56 Å². The summed E-state index contributed by atoms with van der Waals surface area (Å²) in [7, 11) is 3.87. The second-order valence-corrected chi connectivity index (χ2v) is 9.68. The van der Waals surface area contributed by atoms with E-state index in [1.165, 1.54) is 0 Å². The first-order valence-corrected chi connectivity index (χ1v) is 11.8. The Morgan fingerprint density at radius 3 is 2.61 bits per heavy atom. The van der Waals surface area contributed by atoms with E-state index in [4.69, 9.17) is 11.2 Å². The average Bonchev–Trinajstić information content (AvgIpc) is 2.83. The molecule has 7 nitrogen and oxygen atoms in total. The van der Waals surface area contributed by atoms with E-state index in [1.54, 1.807) is 19.2 Å². The summed E-state index contributed by atoms with van der Waals surface area (Å²) in [6, 6.07) is 5.42. The second-order valence-electron chi connectivity index (χ2n) is 9.68. The molecule has 0 radical (unpaired) electrons. The lowest BCUT2D eigenvalue weighted by Crippen LogP contribution is -2.44. The van der Waals surface area contributed by atoms with Gasteiger partial charge < -0.3 is 24.8 Å². The fourth-order valence-electron chi connectivity index (χ4n) is 4.89. The van der Waals surface area contributed by atoms with E-state index in [0.29, 0.717) is 29.1 Å². The fraction of sp³-hybridized carbons (Fsp3) is 0.538. The summed E-state index contributed by atoms with van der Waals surface area (Å²) in [6.07, 6.45) is 9.62. The summed E-state index contributed by atoms with van der Waals surface area (Å²) < 4.78 is 5.67. The van der Waals surface area contributed by atoms with E-state index in [2.05, 4.69) is 40.0 Å². The van der Waals surface area contributed by atoms with E-state index >= 15 is 0 Å². The molecule has 1 aromatic heterocycles. The van der Waals surface area contributed by atoms with Crippen LogP contribution in [0.25, 0.3) is 10.9 Å². The van der Waals surface area contributed by atoms with E-state index in [-0.39, 0.29) is 17.1 Å². The van der Waals surface area contributed by atoms with Crippen LogP contribution in [0.4, 0.5) is 5.69 Å². The number of nitrogens with zero attached hydrogens (tertiary/aromatic N) is 2. The third kappa shape index (κ3) is 4.92. The first-order chi connectivity index (χ1) is 15.8. The normalized spacial score (nSPS) is 19.4. The van der Waals surface area contributed by atoms with E-state index < -0.39 is 0 Å². The minimum Gasteiger partial charge on any atom is -0.378 e. The molecule has 176 valence electrons. The number of terminal acetylenes is 1. The molecule has 0 atom stereocenters. The van der Waals surface area contributed by atoms with Gasteiger partial charge in [-0.1, -0.05) is 5.92 Å². The number of piperidine rings is 2. The van der Waals surface area contributed by atoms with E-state index in [9.17, 15) is 9.59 Å². The number of H-pyrrole nitrogens is 1. The predicted molar refractivity (Wildman–Crippen MR) is 132 cm³/mol. The van der Waals surface area contributed by atoms with Crippen LogP contribution < -0.4 is 15.8 Å². The number of amides is 1. The Morgan fingerprint density at radius 2 is 1.97 bits per heavy atom. The SMILES string of the molecule is C#Cc1c(N2CCC(C)(OC)CC2)c2cc(C(=O)NCC3CCN(C)CC3)ccc2[nH]c1=O. The van der Waals surface area contributed by atoms with Crippen LogP contribution in [0, 0.1) is 18.3 Å². The number of aromatic nitrogens is 1. The van der Waals surface area contributed by atoms with Crippen molar-refractivity contribution < 1.29 is 9.53 Å². The lowest BCUT2D eigenvalue weighted by Gasteiger charge is -2.40. The number of rotatable bonds is 5. The Balaban J connectivity index is 1.61. The number of benzene rings is 1.